The van der Waals surface area contributed by atoms with Crippen molar-refractivity contribution in [2.75, 3.05) is 32.7 Å². The van der Waals surface area contributed by atoms with E-state index < -0.39 is 0 Å². The molecule has 1 aromatic carbocycles. The average molecular weight is 440 g/mol. The first-order chi connectivity index (χ1) is 12.5. The fourth-order valence-corrected chi connectivity index (χ4v) is 3.83. The van der Waals surface area contributed by atoms with Crippen molar-refractivity contribution >= 4 is 33.4 Å². The van der Waals surface area contributed by atoms with Crippen molar-refractivity contribution in [1.82, 2.24) is 19.4 Å². The number of hydrogen-bond donors (Lipinski definition) is 0. The van der Waals surface area contributed by atoms with Crippen molar-refractivity contribution in [2.24, 2.45) is 0 Å². The summed E-state index contributed by atoms with van der Waals surface area (Å²) in [4.78, 5) is 21.5. The second kappa shape index (κ2) is 8.55. The number of halogens is 2. The van der Waals surface area contributed by atoms with Crippen LogP contribution in [0.3, 0.4) is 0 Å². The Morgan fingerprint density at radius 3 is 2.65 bits per heavy atom. The highest BCUT2D eigenvalue weighted by molar-refractivity contribution is 9.10. The Hall–Kier alpha value is -1.37. The van der Waals surface area contributed by atoms with Crippen LogP contribution in [0, 0.1) is 0 Å². The summed E-state index contributed by atoms with van der Waals surface area (Å²) in [5.41, 5.74) is 0.564. The lowest BCUT2D eigenvalue weighted by Crippen LogP contribution is -2.49. The highest BCUT2D eigenvalue weighted by Gasteiger charge is 2.23. The molecule has 1 amide bonds. The van der Waals surface area contributed by atoms with Crippen molar-refractivity contribution in [1.29, 1.82) is 0 Å². The summed E-state index contributed by atoms with van der Waals surface area (Å²) in [6.45, 7) is 9.43. The van der Waals surface area contributed by atoms with E-state index in [1.807, 2.05) is 23.4 Å². The highest BCUT2D eigenvalue weighted by Crippen LogP contribution is 2.23. The number of carbonyl (C=O) groups excluding carboxylic acids is 1. The van der Waals surface area contributed by atoms with Crippen LogP contribution in [0.4, 0.5) is 0 Å². The Bertz CT molecular complexity index is 769. The van der Waals surface area contributed by atoms with Crippen LogP contribution in [0.25, 0.3) is 0 Å². The van der Waals surface area contributed by atoms with Gasteiger partial charge in [-0.05, 0) is 18.2 Å². The van der Waals surface area contributed by atoms with Gasteiger partial charge in [-0.3, -0.25) is 9.69 Å². The second-order valence-corrected chi connectivity index (χ2v) is 8.21. The van der Waals surface area contributed by atoms with Gasteiger partial charge in [0.15, 0.2) is 0 Å². The zero-order chi connectivity index (χ0) is 18.7. The Labute approximate surface area is 168 Å². The third-order valence-electron chi connectivity index (χ3n) is 4.74. The van der Waals surface area contributed by atoms with Crippen LogP contribution in [0.2, 0.25) is 5.02 Å². The summed E-state index contributed by atoms with van der Waals surface area (Å²) < 4.78 is 3.09. The van der Waals surface area contributed by atoms with Crippen LogP contribution < -0.4 is 0 Å². The first-order valence-corrected chi connectivity index (χ1v) is 10.1. The van der Waals surface area contributed by atoms with E-state index in [0.717, 1.165) is 49.6 Å². The summed E-state index contributed by atoms with van der Waals surface area (Å²) in [5.74, 6) is 1.56. The zero-order valence-electron chi connectivity index (χ0n) is 15.2. The van der Waals surface area contributed by atoms with E-state index in [0.29, 0.717) is 16.5 Å². The molecule has 1 aliphatic heterocycles. The third kappa shape index (κ3) is 4.48. The Kier molecular flexibility index (Phi) is 6.37. The van der Waals surface area contributed by atoms with Crippen LogP contribution in [-0.4, -0.2) is 58.0 Å². The first-order valence-electron chi connectivity index (χ1n) is 8.93. The van der Waals surface area contributed by atoms with Gasteiger partial charge in [0.25, 0.3) is 5.91 Å². The van der Waals surface area contributed by atoms with Crippen molar-refractivity contribution in [3.05, 3.63) is 51.5 Å². The van der Waals surface area contributed by atoms with Crippen molar-refractivity contribution in [3.63, 3.8) is 0 Å². The maximum Gasteiger partial charge on any atom is 0.255 e. The Balaban J connectivity index is 1.53. The molecule has 0 N–H and O–H groups in total. The van der Waals surface area contributed by atoms with E-state index in [-0.39, 0.29) is 5.91 Å². The fraction of sp³-hybridized carbons (Fsp3) is 0.474. The molecule has 5 nitrogen and oxygen atoms in total. The molecule has 0 unspecified atom stereocenters. The number of hydrogen-bond acceptors (Lipinski definition) is 3. The van der Waals surface area contributed by atoms with Gasteiger partial charge in [-0.1, -0.05) is 41.4 Å². The molecule has 0 saturated carbocycles. The molecule has 1 saturated heterocycles. The first kappa shape index (κ1) is 19.4. The van der Waals surface area contributed by atoms with Gasteiger partial charge in [0.05, 0.1) is 10.6 Å². The van der Waals surface area contributed by atoms with Gasteiger partial charge in [-0.15, -0.1) is 0 Å². The number of piperazine rings is 1. The maximum atomic E-state index is 12.7. The summed E-state index contributed by atoms with van der Waals surface area (Å²) in [6, 6.07) is 5.40. The quantitative estimate of drug-likeness (QED) is 0.710. The lowest BCUT2D eigenvalue weighted by atomic mass is 10.2. The monoisotopic (exact) mass is 438 g/mol. The maximum absolute atomic E-state index is 12.7. The van der Waals surface area contributed by atoms with E-state index in [1.54, 1.807) is 12.1 Å². The van der Waals surface area contributed by atoms with Crippen molar-refractivity contribution in [2.45, 2.75) is 26.3 Å². The molecule has 1 fully saturated rings. The van der Waals surface area contributed by atoms with Gasteiger partial charge < -0.3 is 9.47 Å². The largest absolute Gasteiger partial charge is 0.336 e. The van der Waals surface area contributed by atoms with Gasteiger partial charge in [0.1, 0.15) is 5.82 Å². The minimum Gasteiger partial charge on any atom is -0.336 e. The van der Waals surface area contributed by atoms with E-state index in [4.69, 9.17) is 11.6 Å². The summed E-state index contributed by atoms with van der Waals surface area (Å²) in [6.07, 6.45) is 3.91. The number of carbonyl (C=O) groups is 1. The molecule has 140 valence electrons. The van der Waals surface area contributed by atoms with E-state index in [1.165, 1.54) is 0 Å². The normalized spacial score (nSPS) is 15.7. The molecule has 2 aromatic rings. The summed E-state index contributed by atoms with van der Waals surface area (Å²) in [5, 5.41) is 0.502. The second-order valence-electron chi connectivity index (χ2n) is 6.89. The van der Waals surface area contributed by atoms with Gasteiger partial charge >= 0.3 is 0 Å². The zero-order valence-corrected chi connectivity index (χ0v) is 17.5. The smallest absolute Gasteiger partial charge is 0.255 e. The van der Waals surface area contributed by atoms with Gasteiger partial charge in [-0.2, -0.15) is 0 Å². The van der Waals surface area contributed by atoms with Crippen LogP contribution in [0.15, 0.2) is 35.1 Å². The number of benzene rings is 1. The minimum atomic E-state index is 0.00709. The van der Waals surface area contributed by atoms with Crippen molar-refractivity contribution < 1.29 is 4.79 Å². The molecule has 1 aromatic heterocycles. The molecule has 0 atom stereocenters. The summed E-state index contributed by atoms with van der Waals surface area (Å²) in [7, 11) is 0. The molecule has 7 heteroatoms. The molecular weight excluding hydrogens is 416 g/mol. The van der Waals surface area contributed by atoms with Crippen LogP contribution >= 0.6 is 27.5 Å². The Morgan fingerprint density at radius 2 is 1.96 bits per heavy atom. The molecule has 1 aliphatic rings. The average Bonchev–Trinajstić information content (AvgIpc) is 3.11. The topological polar surface area (TPSA) is 41.4 Å². The molecule has 3 rings (SSSR count). The molecule has 0 spiro atoms. The predicted octanol–water partition coefficient (Wildman–Crippen LogP) is 3.88. The number of aromatic nitrogens is 2. The number of rotatable bonds is 5. The third-order valence-corrected chi connectivity index (χ3v) is 5.56. The number of imidazole rings is 1. The van der Waals surface area contributed by atoms with Gasteiger partial charge in [0.2, 0.25) is 0 Å². The fourth-order valence-electron chi connectivity index (χ4n) is 3.27. The molecule has 26 heavy (non-hydrogen) atoms. The summed E-state index contributed by atoms with van der Waals surface area (Å²) >= 11 is 9.61. The Morgan fingerprint density at radius 1 is 1.23 bits per heavy atom. The van der Waals surface area contributed by atoms with E-state index in [9.17, 15) is 4.79 Å². The molecule has 0 radical (unpaired) electrons. The highest BCUT2D eigenvalue weighted by atomic mass is 79.9. The molecular formula is C19H24BrClN4O. The lowest BCUT2D eigenvalue weighted by Gasteiger charge is -2.35. The van der Waals surface area contributed by atoms with Gasteiger partial charge in [-0.25, -0.2) is 4.98 Å². The van der Waals surface area contributed by atoms with E-state index in [2.05, 4.69) is 44.2 Å². The standard InChI is InChI=1S/C19H24BrClN4O/c1-14(2)18-22-5-6-24(18)10-7-23-8-11-25(12-9-23)19(26)16-13-15(20)3-4-17(16)21/h3-6,13-14H,7-12H2,1-2H3. The molecule has 2 heterocycles. The SMILES string of the molecule is CC(C)c1nccn1CCN1CCN(C(=O)c2cc(Br)ccc2Cl)CC1. The predicted molar refractivity (Wildman–Crippen MR) is 108 cm³/mol. The van der Waals surface area contributed by atoms with E-state index >= 15 is 0 Å². The van der Waals surface area contributed by atoms with Crippen LogP contribution in [0.5, 0.6) is 0 Å². The van der Waals surface area contributed by atoms with Crippen LogP contribution in [0.1, 0.15) is 35.9 Å². The molecule has 0 bridgehead atoms. The van der Waals surface area contributed by atoms with Gasteiger partial charge in [0, 0.05) is 62.1 Å². The van der Waals surface area contributed by atoms with Crippen molar-refractivity contribution in [3.8, 4) is 0 Å². The number of amides is 1. The lowest BCUT2D eigenvalue weighted by molar-refractivity contribution is 0.0633. The molecule has 0 aliphatic carbocycles. The number of nitrogens with zero attached hydrogens (tertiary/aromatic N) is 4. The van der Waals surface area contributed by atoms with Crippen LogP contribution in [-0.2, 0) is 6.54 Å². The minimum absolute atomic E-state index is 0.00709.